The normalized spacial score (nSPS) is 12.2. The van der Waals surface area contributed by atoms with Crippen LogP contribution < -0.4 is 5.73 Å². The molecule has 94 valence electrons. The van der Waals surface area contributed by atoms with Gasteiger partial charge in [-0.3, -0.25) is 0 Å². The zero-order valence-electron chi connectivity index (χ0n) is 9.20. The maximum absolute atomic E-state index is 12.3. The van der Waals surface area contributed by atoms with Crippen LogP contribution in [-0.2, 0) is 6.18 Å². The van der Waals surface area contributed by atoms with Crippen molar-refractivity contribution in [3.05, 3.63) is 41.5 Å². The van der Waals surface area contributed by atoms with Gasteiger partial charge in [0.05, 0.1) is 5.56 Å². The highest BCUT2D eigenvalue weighted by Crippen LogP contribution is 2.29. The monoisotopic (exact) mass is 261 g/mol. The first-order valence-electron chi connectivity index (χ1n) is 5.15. The number of benzene rings is 1. The topological polar surface area (TPSA) is 26.0 Å². The first kappa shape index (κ1) is 14.1. The van der Waals surface area contributed by atoms with E-state index in [1.807, 2.05) is 12.2 Å². The largest absolute Gasteiger partial charge is 0.416 e. The summed E-state index contributed by atoms with van der Waals surface area (Å²) in [6.45, 7) is 0.638. The van der Waals surface area contributed by atoms with Gasteiger partial charge in [0, 0.05) is 18.1 Å². The lowest BCUT2D eigenvalue weighted by atomic mass is 10.1. The quantitative estimate of drug-likeness (QED) is 0.822. The third-order valence-corrected chi connectivity index (χ3v) is 2.98. The number of nitrogens with two attached hydrogens (primary N) is 1. The van der Waals surface area contributed by atoms with Crippen molar-refractivity contribution in [1.29, 1.82) is 0 Å². The Morgan fingerprint density at radius 1 is 1.18 bits per heavy atom. The number of thioether (sulfide) groups is 1. The first-order chi connectivity index (χ1) is 8.04. The third kappa shape index (κ3) is 5.28. The average Bonchev–Trinajstić information content (AvgIpc) is 2.28. The Hall–Kier alpha value is -0.940. The van der Waals surface area contributed by atoms with Crippen LogP contribution in [0.25, 0.3) is 6.08 Å². The van der Waals surface area contributed by atoms with Crippen molar-refractivity contribution in [2.24, 2.45) is 5.73 Å². The first-order valence-corrected chi connectivity index (χ1v) is 6.31. The minimum absolute atomic E-state index is 0.618. The standard InChI is InChI=1S/C12H14F3NS/c13-12(14,15)11-5-3-10(4-6-11)2-1-8-17-9-7-16/h1-6H,7-9,16H2. The van der Waals surface area contributed by atoms with E-state index in [2.05, 4.69) is 0 Å². The summed E-state index contributed by atoms with van der Waals surface area (Å²) in [4.78, 5) is 0. The molecule has 0 spiro atoms. The van der Waals surface area contributed by atoms with Crippen molar-refractivity contribution in [1.82, 2.24) is 0 Å². The number of hydrogen-bond donors (Lipinski definition) is 1. The molecule has 0 heterocycles. The Labute approximate surface area is 103 Å². The van der Waals surface area contributed by atoms with Crippen LogP contribution in [0.5, 0.6) is 0 Å². The maximum atomic E-state index is 12.3. The molecule has 0 fully saturated rings. The Bertz CT molecular complexity index is 357. The van der Waals surface area contributed by atoms with Gasteiger partial charge in [0.2, 0.25) is 0 Å². The number of hydrogen-bond acceptors (Lipinski definition) is 2. The molecule has 0 radical (unpaired) electrons. The van der Waals surface area contributed by atoms with Crippen LogP contribution >= 0.6 is 11.8 Å². The van der Waals surface area contributed by atoms with Crippen molar-refractivity contribution >= 4 is 17.8 Å². The molecule has 17 heavy (non-hydrogen) atoms. The van der Waals surface area contributed by atoms with Gasteiger partial charge in [-0.25, -0.2) is 0 Å². The highest BCUT2D eigenvalue weighted by atomic mass is 32.2. The summed E-state index contributed by atoms with van der Waals surface area (Å²) in [6, 6.07) is 5.11. The van der Waals surface area contributed by atoms with Gasteiger partial charge in [-0.2, -0.15) is 24.9 Å². The Balaban J connectivity index is 2.51. The van der Waals surface area contributed by atoms with Gasteiger partial charge in [0.15, 0.2) is 0 Å². The van der Waals surface area contributed by atoms with E-state index in [9.17, 15) is 13.2 Å². The summed E-state index contributed by atoms with van der Waals surface area (Å²) in [5, 5.41) is 0. The van der Waals surface area contributed by atoms with Gasteiger partial charge in [0.25, 0.3) is 0 Å². The molecule has 0 aliphatic rings. The zero-order chi connectivity index (χ0) is 12.7. The van der Waals surface area contributed by atoms with Crippen LogP contribution in [0.15, 0.2) is 30.3 Å². The molecule has 0 amide bonds. The van der Waals surface area contributed by atoms with Gasteiger partial charge < -0.3 is 5.73 Å². The van der Waals surface area contributed by atoms with Crippen LogP contribution in [-0.4, -0.2) is 18.1 Å². The molecule has 0 saturated heterocycles. The lowest BCUT2D eigenvalue weighted by Crippen LogP contribution is -2.03. The SMILES string of the molecule is NCCSCC=Cc1ccc(C(F)(F)F)cc1. The van der Waals surface area contributed by atoms with Crippen LogP contribution in [0, 0.1) is 0 Å². The maximum Gasteiger partial charge on any atom is 0.416 e. The fourth-order valence-electron chi connectivity index (χ4n) is 1.20. The predicted molar refractivity (Wildman–Crippen MR) is 66.9 cm³/mol. The molecule has 2 N–H and O–H groups in total. The number of alkyl halides is 3. The molecule has 0 aromatic heterocycles. The molecule has 0 saturated carbocycles. The van der Waals surface area contributed by atoms with Crippen LogP contribution in [0.3, 0.4) is 0 Å². The molecule has 0 aliphatic carbocycles. The van der Waals surface area contributed by atoms with Crippen molar-refractivity contribution in [3.63, 3.8) is 0 Å². The summed E-state index contributed by atoms with van der Waals surface area (Å²) in [5.74, 6) is 1.70. The molecule has 0 aliphatic heterocycles. The summed E-state index contributed by atoms with van der Waals surface area (Å²) >= 11 is 1.69. The van der Waals surface area contributed by atoms with Crippen LogP contribution in [0.2, 0.25) is 0 Å². The van der Waals surface area contributed by atoms with E-state index in [4.69, 9.17) is 5.73 Å². The molecule has 1 aromatic carbocycles. The molecular formula is C12H14F3NS. The smallest absolute Gasteiger partial charge is 0.330 e. The highest BCUT2D eigenvalue weighted by Gasteiger charge is 2.29. The number of rotatable bonds is 5. The van der Waals surface area contributed by atoms with Gasteiger partial charge in [-0.05, 0) is 17.7 Å². The molecule has 1 aromatic rings. The van der Waals surface area contributed by atoms with E-state index in [0.29, 0.717) is 6.54 Å². The van der Waals surface area contributed by atoms with Crippen molar-refractivity contribution < 1.29 is 13.2 Å². The summed E-state index contributed by atoms with van der Waals surface area (Å²) in [6.07, 6.45) is -0.536. The van der Waals surface area contributed by atoms with Crippen molar-refractivity contribution in [3.8, 4) is 0 Å². The molecule has 0 bridgehead atoms. The summed E-state index contributed by atoms with van der Waals surface area (Å²) < 4.78 is 36.8. The molecular weight excluding hydrogens is 247 g/mol. The Kier molecular flexibility index (Phi) is 5.58. The summed E-state index contributed by atoms with van der Waals surface area (Å²) in [5.41, 5.74) is 5.48. The zero-order valence-corrected chi connectivity index (χ0v) is 10.0. The fourth-order valence-corrected chi connectivity index (χ4v) is 1.77. The molecule has 1 rings (SSSR count). The van der Waals surface area contributed by atoms with E-state index in [-0.39, 0.29) is 0 Å². The Morgan fingerprint density at radius 3 is 2.35 bits per heavy atom. The van der Waals surface area contributed by atoms with Crippen LogP contribution in [0.1, 0.15) is 11.1 Å². The second-order valence-corrected chi connectivity index (χ2v) is 4.54. The predicted octanol–water partition coefficient (Wildman–Crippen LogP) is 3.41. The third-order valence-electron chi connectivity index (χ3n) is 2.02. The number of halogens is 3. The minimum Gasteiger partial charge on any atom is -0.330 e. The van der Waals surface area contributed by atoms with E-state index < -0.39 is 11.7 Å². The molecule has 5 heteroatoms. The Morgan fingerprint density at radius 2 is 1.82 bits per heavy atom. The van der Waals surface area contributed by atoms with Gasteiger partial charge in [0.1, 0.15) is 0 Å². The molecule has 1 nitrogen and oxygen atoms in total. The van der Waals surface area contributed by atoms with Crippen LogP contribution in [0.4, 0.5) is 13.2 Å². The second kappa shape index (κ2) is 6.71. The second-order valence-electron chi connectivity index (χ2n) is 3.39. The van der Waals surface area contributed by atoms with E-state index in [0.717, 1.165) is 29.2 Å². The molecule has 0 unspecified atom stereocenters. The fraction of sp³-hybridized carbons (Fsp3) is 0.333. The lowest BCUT2D eigenvalue weighted by Gasteiger charge is -2.05. The minimum atomic E-state index is -4.26. The van der Waals surface area contributed by atoms with E-state index >= 15 is 0 Å². The van der Waals surface area contributed by atoms with Crippen molar-refractivity contribution in [2.75, 3.05) is 18.1 Å². The highest BCUT2D eigenvalue weighted by molar-refractivity contribution is 7.99. The van der Waals surface area contributed by atoms with Gasteiger partial charge in [-0.1, -0.05) is 24.3 Å². The average molecular weight is 261 g/mol. The van der Waals surface area contributed by atoms with Gasteiger partial charge >= 0.3 is 6.18 Å². The van der Waals surface area contributed by atoms with Crippen molar-refractivity contribution in [2.45, 2.75) is 6.18 Å². The van der Waals surface area contributed by atoms with E-state index in [1.54, 1.807) is 11.8 Å². The molecule has 0 atom stereocenters. The van der Waals surface area contributed by atoms with Gasteiger partial charge in [-0.15, -0.1) is 0 Å². The van der Waals surface area contributed by atoms with E-state index in [1.165, 1.54) is 12.1 Å². The summed E-state index contributed by atoms with van der Waals surface area (Å²) in [7, 11) is 0. The lowest BCUT2D eigenvalue weighted by molar-refractivity contribution is -0.137.